The van der Waals surface area contributed by atoms with Crippen molar-refractivity contribution >= 4 is 5.91 Å². The van der Waals surface area contributed by atoms with Gasteiger partial charge in [-0.3, -0.25) is 4.79 Å². The van der Waals surface area contributed by atoms with E-state index < -0.39 is 0 Å². The van der Waals surface area contributed by atoms with E-state index in [9.17, 15) is 4.79 Å². The Balaban J connectivity index is 1.71. The van der Waals surface area contributed by atoms with Crippen LogP contribution < -0.4 is 0 Å². The molecule has 0 heterocycles. The number of carbonyl (C=O) groups is 1. The first-order valence-corrected chi connectivity index (χ1v) is 7.07. The third kappa shape index (κ3) is 3.21. The van der Waals surface area contributed by atoms with E-state index in [0.717, 1.165) is 32.1 Å². The van der Waals surface area contributed by atoms with Gasteiger partial charge in [-0.1, -0.05) is 0 Å². The van der Waals surface area contributed by atoms with Crippen LogP contribution in [0.25, 0.3) is 0 Å². The van der Waals surface area contributed by atoms with Gasteiger partial charge in [0.25, 0.3) is 0 Å². The Kier molecular flexibility index (Phi) is 4.43. The number of nitrogens with zero attached hydrogens (tertiary/aromatic N) is 1. The molecule has 0 spiro atoms. The molecule has 0 radical (unpaired) electrons. The Hall–Kier alpha value is -0.570. The molecule has 0 aromatic heterocycles. The monoisotopic (exact) mass is 239 g/mol. The van der Waals surface area contributed by atoms with Crippen LogP contribution in [0, 0.1) is 11.8 Å². The minimum atomic E-state index is 0.322. The SMILES string of the molecule is CN(C(=O)CC1CCC(CO)CC1)C1CCC1. The fourth-order valence-corrected chi connectivity index (χ4v) is 2.99. The summed E-state index contributed by atoms with van der Waals surface area (Å²) in [5.41, 5.74) is 0. The summed E-state index contributed by atoms with van der Waals surface area (Å²) in [7, 11) is 1.96. The van der Waals surface area contributed by atoms with Crippen molar-refractivity contribution in [2.75, 3.05) is 13.7 Å². The van der Waals surface area contributed by atoms with Gasteiger partial charge < -0.3 is 10.0 Å². The molecule has 2 rings (SSSR count). The third-order valence-electron chi connectivity index (χ3n) is 4.70. The molecule has 1 amide bonds. The van der Waals surface area contributed by atoms with Gasteiger partial charge in [0.05, 0.1) is 0 Å². The highest BCUT2D eigenvalue weighted by Crippen LogP contribution is 2.32. The van der Waals surface area contributed by atoms with Crippen LogP contribution in [-0.4, -0.2) is 35.6 Å². The number of hydrogen-bond acceptors (Lipinski definition) is 2. The van der Waals surface area contributed by atoms with Gasteiger partial charge in [0.1, 0.15) is 0 Å². The van der Waals surface area contributed by atoms with Gasteiger partial charge in [-0.25, -0.2) is 0 Å². The second kappa shape index (κ2) is 5.85. The first kappa shape index (κ1) is 12.9. The zero-order valence-electron chi connectivity index (χ0n) is 10.9. The largest absolute Gasteiger partial charge is 0.396 e. The van der Waals surface area contributed by atoms with Crippen molar-refractivity contribution < 1.29 is 9.90 Å². The second-order valence-corrected chi connectivity index (χ2v) is 5.86. The molecule has 0 aromatic carbocycles. The lowest BCUT2D eigenvalue weighted by atomic mass is 9.80. The molecule has 0 aromatic rings. The average molecular weight is 239 g/mol. The Morgan fingerprint density at radius 3 is 2.18 bits per heavy atom. The minimum absolute atomic E-state index is 0.322. The molecule has 2 aliphatic carbocycles. The third-order valence-corrected chi connectivity index (χ3v) is 4.70. The standard InChI is InChI=1S/C14H25NO2/c1-15(13-3-2-4-13)14(17)9-11-5-7-12(10-16)8-6-11/h11-13,16H,2-10H2,1H3. The van der Waals surface area contributed by atoms with E-state index >= 15 is 0 Å². The molecule has 1 N–H and O–H groups in total. The van der Waals surface area contributed by atoms with E-state index in [2.05, 4.69) is 0 Å². The predicted octanol–water partition coefficient (Wildman–Crippen LogP) is 2.19. The summed E-state index contributed by atoms with van der Waals surface area (Å²) in [5.74, 6) is 1.39. The Labute approximate surface area is 104 Å². The smallest absolute Gasteiger partial charge is 0.222 e. The first-order chi connectivity index (χ1) is 8.20. The molecule has 3 nitrogen and oxygen atoms in total. The van der Waals surface area contributed by atoms with Crippen molar-refractivity contribution in [3.05, 3.63) is 0 Å². The van der Waals surface area contributed by atoms with Gasteiger partial charge in [0, 0.05) is 26.1 Å². The van der Waals surface area contributed by atoms with Crippen LogP contribution in [0.2, 0.25) is 0 Å². The fraction of sp³-hybridized carbons (Fsp3) is 0.929. The Bertz CT molecular complexity index is 255. The van der Waals surface area contributed by atoms with Crippen molar-refractivity contribution in [1.29, 1.82) is 0 Å². The van der Waals surface area contributed by atoms with Crippen LogP contribution >= 0.6 is 0 Å². The van der Waals surface area contributed by atoms with Crippen LogP contribution in [0.4, 0.5) is 0 Å². The zero-order chi connectivity index (χ0) is 12.3. The van der Waals surface area contributed by atoms with E-state index in [1.807, 2.05) is 11.9 Å². The summed E-state index contributed by atoms with van der Waals surface area (Å²) in [5, 5.41) is 9.08. The maximum Gasteiger partial charge on any atom is 0.222 e. The molecule has 0 bridgehead atoms. The topological polar surface area (TPSA) is 40.5 Å². The van der Waals surface area contributed by atoms with Crippen LogP contribution in [0.5, 0.6) is 0 Å². The van der Waals surface area contributed by atoms with Crippen molar-refractivity contribution in [3.63, 3.8) is 0 Å². The van der Waals surface area contributed by atoms with Crippen molar-refractivity contribution in [1.82, 2.24) is 4.90 Å². The normalized spacial score (nSPS) is 29.8. The Morgan fingerprint density at radius 2 is 1.71 bits per heavy atom. The highest BCUT2D eigenvalue weighted by atomic mass is 16.3. The van der Waals surface area contributed by atoms with Crippen molar-refractivity contribution in [3.8, 4) is 0 Å². The summed E-state index contributed by atoms with van der Waals surface area (Å²) in [6.45, 7) is 0.322. The van der Waals surface area contributed by atoms with Gasteiger partial charge >= 0.3 is 0 Å². The number of carbonyl (C=O) groups excluding carboxylic acids is 1. The van der Waals surface area contributed by atoms with E-state index in [0.29, 0.717) is 30.4 Å². The van der Waals surface area contributed by atoms with Gasteiger partial charge in [-0.05, 0) is 56.8 Å². The fourth-order valence-electron chi connectivity index (χ4n) is 2.99. The van der Waals surface area contributed by atoms with Crippen molar-refractivity contribution in [2.24, 2.45) is 11.8 Å². The molecule has 0 saturated heterocycles. The highest BCUT2D eigenvalue weighted by Gasteiger charge is 2.28. The molecule has 0 atom stereocenters. The van der Waals surface area contributed by atoms with E-state index in [-0.39, 0.29) is 0 Å². The molecule has 0 unspecified atom stereocenters. The molecular formula is C14H25NO2. The maximum atomic E-state index is 12.1. The number of rotatable bonds is 4. The van der Waals surface area contributed by atoms with Gasteiger partial charge in [0.15, 0.2) is 0 Å². The summed E-state index contributed by atoms with van der Waals surface area (Å²) in [4.78, 5) is 14.0. The maximum absolute atomic E-state index is 12.1. The van der Waals surface area contributed by atoms with Gasteiger partial charge in [-0.2, -0.15) is 0 Å². The van der Waals surface area contributed by atoms with E-state index in [1.165, 1.54) is 19.3 Å². The molecule has 2 aliphatic rings. The van der Waals surface area contributed by atoms with E-state index in [4.69, 9.17) is 5.11 Å². The summed E-state index contributed by atoms with van der Waals surface area (Å²) in [6, 6.07) is 0.524. The number of hydrogen-bond donors (Lipinski definition) is 1. The van der Waals surface area contributed by atoms with Crippen LogP contribution in [0.15, 0.2) is 0 Å². The lowest BCUT2D eigenvalue weighted by Gasteiger charge is -2.36. The molecule has 17 heavy (non-hydrogen) atoms. The molecular weight excluding hydrogens is 214 g/mol. The first-order valence-electron chi connectivity index (χ1n) is 7.07. The van der Waals surface area contributed by atoms with Crippen molar-refractivity contribution in [2.45, 2.75) is 57.4 Å². The van der Waals surface area contributed by atoms with Crippen LogP contribution in [0.1, 0.15) is 51.4 Å². The molecule has 2 saturated carbocycles. The van der Waals surface area contributed by atoms with Crippen LogP contribution in [0.3, 0.4) is 0 Å². The summed E-state index contributed by atoms with van der Waals surface area (Å²) >= 11 is 0. The molecule has 98 valence electrons. The molecule has 3 heteroatoms. The molecule has 0 aliphatic heterocycles. The quantitative estimate of drug-likeness (QED) is 0.817. The Morgan fingerprint density at radius 1 is 1.12 bits per heavy atom. The molecule has 2 fully saturated rings. The van der Waals surface area contributed by atoms with Gasteiger partial charge in [0.2, 0.25) is 5.91 Å². The van der Waals surface area contributed by atoms with E-state index in [1.54, 1.807) is 0 Å². The second-order valence-electron chi connectivity index (χ2n) is 5.86. The van der Waals surface area contributed by atoms with Crippen LogP contribution in [-0.2, 0) is 4.79 Å². The minimum Gasteiger partial charge on any atom is -0.396 e. The van der Waals surface area contributed by atoms with Gasteiger partial charge in [-0.15, -0.1) is 0 Å². The zero-order valence-corrected chi connectivity index (χ0v) is 10.9. The lowest BCUT2D eigenvalue weighted by Crippen LogP contribution is -2.42. The average Bonchev–Trinajstić information content (AvgIpc) is 2.27. The summed E-state index contributed by atoms with van der Waals surface area (Å²) < 4.78 is 0. The summed E-state index contributed by atoms with van der Waals surface area (Å²) in [6.07, 6.45) is 8.84. The highest BCUT2D eigenvalue weighted by molar-refractivity contribution is 5.76. The number of amides is 1. The lowest BCUT2D eigenvalue weighted by molar-refractivity contribution is -0.134. The number of aliphatic hydroxyl groups is 1. The predicted molar refractivity (Wildman–Crippen MR) is 67.6 cm³/mol. The number of aliphatic hydroxyl groups excluding tert-OH is 1.